The molecule has 2 saturated heterocycles. The maximum Gasteiger partial charge on any atom is 0.245 e. The van der Waals surface area contributed by atoms with E-state index in [1.54, 1.807) is 0 Å². The minimum absolute atomic E-state index is 0.00602. The van der Waals surface area contributed by atoms with Gasteiger partial charge in [-0.3, -0.25) is 9.59 Å². The van der Waals surface area contributed by atoms with E-state index >= 15 is 0 Å². The van der Waals surface area contributed by atoms with Crippen LogP contribution in [-0.4, -0.2) is 48.6 Å². The lowest BCUT2D eigenvalue weighted by Crippen LogP contribution is -2.59. The van der Waals surface area contributed by atoms with Gasteiger partial charge < -0.3 is 15.0 Å². The molecule has 2 amide bonds. The first-order chi connectivity index (χ1) is 14.1. The van der Waals surface area contributed by atoms with Crippen LogP contribution >= 0.6 is 0 Å². The van der Waals surface area contributed by atoms with E-state index in [0.29, 0.717) is 32.1 Å². The maximum absolute atomic E-state index is 13.6. The van der Waals surface area contributed by atoms with Gasteiger partial charge in [-0.1, -0.05) is 49.1 Å². The third-order valence-corrected chi connectivity index (χ3v) is 7.18. The summed E-state index contributed by atoms with van der Waals surface area (Å²) in [6, 6.07) is 8.25. The van der Waals surface area contributed by atoms with Crippen LogP contribution in [0.4, 0.5) is 0 Å². The molecule has 1 unspecified atom stereocenters. The van der Waals surface area contributed by atoms with Crippen LogP contribution in [0.2, 0.25) is 0 Å². The summed E-state index contributed by atoms with van der Waals surface area (Å²) in [4.78, 5) is 28.8. The number of nitrogens with zero attached hydrogens (tertiary/aromatic N) is 1. The van der Waals surface area contributed by atoms with Crippen LogP contribution in [-0.2, 0) is 19.7 Å². The summed E-state index contributed by atoms with van der Waals surface area (Å²) in [5.74, 6) is 0.121. The van der Waals surface area contributed by atoms with E-state index in [2.05, 4.69) is 41.4 Å². The van der Waals surface area contributed by atoms with Crippen molar-refractivity contribution in [1.29, 1.82) is 0 Å². The Kier molecular flexibility index (Phi) is 6.23. The molecule has 2 aliphatic heterocycles. The van der Waals surface area contributed by atoms with Crippen LogP contribution < -0.4 is 5.32 Å². The monoisotopic (exact) mass is 398 g/mol. The Bertz CT molecular complexity index is 718. The largest absolute Gasteiger partial charge is 0.381 e. The van der Waals surface area contributed by atoms with Crippen LogP contribution in [0, 0.1) is 6.92 Å². The number of hydrogen-bond acceptors (Lipinski definition) is 3. The molecule has 1 atom stereocenters. The number of carbonyl (C=O) groups is 2. The maximum atomic E-state index is 13.6. The van der Waals surface area contributed by atoms with Gasteiger partial charge in [-0.2, -0.15) is 0 Å². The van der Waals surface area contributed by atoms with Crippen LogP contribution in [0.25, 0.3) is 0 Å². The summed E-state index contributed by atoms with van der Waals surface area (Å²) in [5, 5.41) is 3.18. The molecule has 1 saturated carbocycles. The van der Waals surface area contributed by atoms with Crippen LogP contribution in [0.5, 0.6) is 0 Å². The molecule has 0 radical (unpaired) electrons. The summed E-state index contributed by atoms with van der Waals surface area (Å²) < 4.78 is 5.57. The molecule has 5 heteroatoms. The first-order valence-electron chi connectivity index (χ1n) is 11.4. The zero-order valence-corrected chi connectivity index (χ0v) is 17.6. The van der Waals surface area contributed by atoms with Gasteiger partial charge in [0.2, 0.25) is 11.8 Å². The Morgan fingerprint density at radius 3 is 2.41 bits per heavy atom. The summed E-state index contributed by atoms with van der Waals surface area (Å²) in [5.41, 5.74) is 1.62. The summed E-state index contributed by atoms with van der Waals surface area (Å²) in [7, 11) is 0. The number of hydrogen-bond donors (Lipinski definition) is 1. The van der Waals surface area contributed by atoms with Crippen molar-refractivity contribution < 1.29 is 14.3 Å². The number of ether oxygens (including phenoxy) is 1. The minimum Gasteiger partial charge on any atom is -0.381 e. The van der Waals surface area contributed by atoms with Gasteiger partial charge in [0.15, 0.2) is 0 Å². The number of piperidine rings is 1. The standard InChI is InChI=1S/C24H34N2O3/c1-18-9-11-19(12-10-18)24(13-16-29-17-14-24)23(28)25-21-8-5-15-26(22(21)27)20-6-3-2-4-7-20/h9-12,20-21H,2-8,13-17H2,1H3,(H,25,28). The quantitative estimate of drug-likeness (QED) is 0.845. The van der Waals surface area contributed by atoms with Crippen molar-refractivity contribution >= 4 is 11.8 Å². The Labute approximate surface area is 174 Å². The van der Waals surface area contributed by atoms with E-state index in [1.807, 2.05) is 0 Å². The average molecular weight is 399 g/mol. The van der Waals surface area contributed by atoms with Gasteiger partial charge in [0.05, 0.1) is 5.41 Å². The fourth-order valence-corrected chi connectivity index (χ4v) is 5.32. The number of rotatable bonds is 4. The van der Waals surface area contributed by atoms with Crippen molar-refractivity contribution in [3.05, 3.63) is 35.4 Å². The molecule has 5 nitrogen and oxygen atoms in total. The number of nitrogens with one attached hydrogen (secondary N) is 1. The topological polar surface area (TPSA) is 58.6 Å². The Balaban J connectivity index is 1.51. The number of benzene rings is 1. The number of carbonyl (C=O) groups excluding carboxylic acids is 2. The molecule has 4 rings (SSSR count). The smallest absolute Gasteiger partial charge is 0.245 e. The van der Waals surface area contributed by atoms with Gasteiger partial charge in [0, 0.05) is 25.8 Å². The molecule has 3 fully saturated rings. The highest BCUT2D eigenvalue weighted by Crippen LogP contribution is 2.36. The van der Waals surface area contributed by atoms with Crippen molar-refractivity contribution in [3.8, 4) is 0 Å². The number of amides is 2. The summed E-state index contributed by atoms with van der Waals surface area (Å²) >= 11 is 0. The highest BCUT2D eigenvalue weighted by atomic mass is 16.5. The van der Waals surface area contributed by atoms with Crippen LogP contribution in [0.3, 0.4) is 0 Å². The zero-order valence-electron chi connectivity index (χ0n) is 17.6. The molecule has 29 heavy (non-hydrogen) atoms. The molecule has 1 aromatic carbocycles. The lowest BCUT2D eigenvalue weighted by molar-refractivity contribution is -0.143. The first-order valence-corrected chi connectivity index (χ1v) is 11.4. The van der Waals surface area contributed by atoms with E-state index in [4.69, 9.17) is 4.74 Å². The van der Waals surface area contributed by atoms with Crippen molar-refractivity contribution in [2.24, 2.45) is 0 Å². The van der Waals surface area contributed by atoms with Gasteiger partial charge in [-0.05, 0) is 51.0 Å². The first kappa shape index (κ1) is 20.4. The second-order valence-corrected chi connectivity index (χ2v) is 9.05. The van der Waals surface area contributed by atoms with Gasteiger partial charge in [-0.25, -0.2) is 0 Å². The van der Waals surface area contributed by atoms with Crippen LogP contribution in [0.1, 0.15) is 68.9 Å². The van der Waals surface area contributed by atoms with Gasteiger partial charge in [-0.15, -0.1) is 0 Å². The summed E-state index contributed by atoms with van der Waals surface area (Å²) in [6.07, 6.45) is 8.95. The Hall–Kier alpha value is -1.88. The van der Waals surface area contributed by atoms with Gasteiger partial charge in [0.25, 0.3) is 0 Å². The minimum atomic E-state index is -0.598. The Morgan fingerprint density at radius 1 is 1.03 bits per heavy atom. The molecule has 158 valence electrons. The van der Waals surface area contributed by atoms with Gasteiger partial charge >= 0.3 is 0 Å². The zero-order chi connectivity index (χ0) is 20.3. The fourth-order valence-electron chi connectivity index (χ4n) is 5.32. The van der Waals surface area contributed by atoms with Crippen molar-refractivity contribution in [2.45, 2.75) is 82.2 Å². The molecule has 0 aromatic heterocycles. The lowest BCUT2D eigenvalue weighted by atomic mass is 9.73. The third-order valence-electron chi connectivity index (χ3n) is 7.18. The number of likely N-dealkylation sites (tertiary alicyclic amines) is 1. The van der Waals surface area contributed by atoms with E-state index in [9.17, 15) is 9.59 Å². The molecule has 1 aliphatic carbocycles. The second kappa shape index (κ2) is 8.86. The molecule has 0 bridgehead atoms. The normalized spacial score (nSPS) is 25.6. The molecule has 1 aromatic rings. The van der Waals surface area contributed by atoms with E-state index in [-0.39, 0.29) is 17.9 Å². The predicted molar refractivity (Wildman–Crippen MR) is 113 cm³/mol. The molecule has 2 heterocycles. The Morgan fingerprint density at radius 2 is 1.72 bits per heavy atom. The lowest BCUT2D eigenvalue weighted by Gasteiger charge is -2.42. The van der Waals surface area contributed by atoms with E-state index in [0.717, 1.165) is 37.8 Å². The van der Waals surface area contributed by atoms with Crippen molar-refractivity contribution in [1.82, 2.24) is 10.2 Å². The molecule has 3 aliphatic rings. The molecular weight excluding hydrogens is 364 g/mol. The highest BCUT2D eigenvalue weighted by molar-refractivity contribution is 5.93. The third kappa shape index (κ3) is 4.20. The highest BCUT2D eigenvalue weighted by Gasteiger charge is 2.44. The van der Waals surface area contributed by atoms with E-state index in [1.165, 1.54) is 24.8 Å². The molecule has 1 N–H and O–H groups in total. The van der Waals surface area contributed by atoms with Gasteiger partial charge in [0.1, 0.15) is 6.04 Å². The van der Waals surface area contributed by atoms with Crippen molar-refractivity contribution in [2.75, 3.05) is 19.8 Å². The predicted octanol–water partition coefficient (Wildman–Crippen LogP) is 3.48. The fraction of sp³-hybridized carbons (Fsp3) is 0.667. The molecule has 0 spiro atoms. The van der Waals surface area contributed by atoms with Crippen LogP contribution in [0.15, 0.2) is 24.3 Å². The number of aryl methyl sites for hydroxylation is 1. The second-order valence-electron chi connectivity index (χ2n) is 9.05. The summed E-state index contributed by atoms with van der Waals surface area (Å²) in [6.45, 7) is 4.05. The molecular formula is C24H34N2O3. The van der Waals surface area contributed by atoms with Crippen molar-refractivity contribution in [3.63, 3.8) is 0 Å². The van der Waals surface area contributed by atoms with E-state index < -0.39 is 5.41 Å². The average Bonchev–Trinajstić information content (AvgIpc) is 2.76. The SMILES string of the molecule is Cc1ccc(C2(C(=O)NC3CCCN(C4CCCCC4)C3=O)CCOCC2)cc1.